The van der Waals surface area contributed by atoms with Crippen LogP contribution in [0.15, 0.2) is 130 Å². The summed E-state index contributed by atoms with van der Waals surface area (Å²) in [6, 6.07) is 30.5. The highest BCUT2D eigenvalue weighted by molar-refractivity contribution is 8.01. The zero-order valence-electron chi connectivity index (χ0n) is 26.8. The molecule has 1 fully saturated rings. The van der Waals surface area contributed by atoms with Crippen LogP contribution in [0, 0.1) is 0 Å². The fraction of sp³-hybridized carbons (Fsp3) is 0.135. The molecule has 0 unspecified atom stereocenters. The molecular weight excluding hydrogens is 707 g/mol. The van der Waals surface area contributed by atoms with Crippen LogP contribution in [0.5, 0.6) is 5.75 Å². The Morgan fingerprint density at radius 3 is 2.47 bits per heavy atom. The molecule has 2 atom stereocenters. The van der Waals surface area contributed by atoms with Gasteiger partial charge in [-0.3, -0.25) is 24.1 Å². The van der Waals surface area contributed by atoms with Crippen LogP contribution < -0.4 is 15.4 Å². The van der Waals surface area contributed by atoms with Gasteiger partial charge in [0.15, 0.2) is 5.75 Å². The van der Waals surface area contributed by atoms with Crippen molar-refractivity contribution in [3.05, 3.63) is 130 Å². The van der Waals surface area contributed by atoms with E-state index < -0.39 is 11.4 Å². The van der Waals surface area contributed by atoms with Crippen molar-refractivity contribution in [3.8, 4) is 5.75 Å². The number of nitrogens with one attached hydrogen (secondary N) is 2. The monoisotopic (exact) mass is 735 g/mol. The largest absolute Gasteiger partial charge is 0.480 e. The number of carbonyl (C=O) groups is 4. The summed E-state index contributed by atoms with van der Waals surface area (Å²) < 4.78 is 11.7. The lowest BCUT2D eigenvalue weighted by Crippen LogP contribution is -2.70. The molecular formula is C37H29N5O6S3. The number of hydrogen-bond acceptors (Lipinski definition) is 11. The molecule has 2 aliphatic rings. The number of azo groups is 1. The molecule has 0 bridgehead atoms. The average Bonchev–Trinajstić information content (AvgIpc) is 3.71. The lowest BCUT2D eigenvalue weighted by Gasteiger charge is -2.49. The summed E-state index contributed by atoms with van der Waals surface area (Å²) in [5.41, 5.74) is 2.66. The molecule has 3 heterocycles. The van der Waals surface area contributed by atoms with Gasteiger partial charge in [-0.2, -0.15) is 5.11 Å². The summed E-state index contributed by atoms with van der Waals surface area (Å²) in [5.74, 6) is 0.290. The van der Waals surface area contributed by atoms with Crippen LogP contribution in [0.4, 0.5) is 17.1 Å². The van der Waals surface area contributed by atoms with Gasteiger partial charge in [-0.15, -0.1) is 40.0 Å². The van der Waals surface area contributed by atoms with Crippen molar-refractivity contribution in [1.82, 2.24) is 10.2 Å². The highest BCUT2D eigenvalue weighted by Gasteiger charge is 2.53. The molecule has 2 N–H and O–H groups in total. The maximum absolute atomic E-state index is 13.8. The molecule has 5 aromatic rings. The number of thioether (sulfide) groups is 2. The summed E-state index contributed by atoms with van der Waals surface area (Å²) >= 11 is 4.14. The van der Waals surface area contributed by atoms with Gasteiger partial charge < -0.3 is 20.1 Å². The van der Waals surface area contributed by atoms with Gasteiger partial charge in [0.25, 0.3) is 24.2 Å². The van der Waals surface area contributed by atoms with Gasteiger partial charge in [-0.25, -0.2) is 0 Å². The van der Waals surface area contributed by atoms with E-state index in [1.165, 1.54) is 39.8 Å². The van der Waals surface area contributed by atoms with Crippen LogP contribution in [-0.4, -0.2) is 58.0 Å². The second kappa shape index (κ2) is 15.6. The number of ether oxygens (including phenoxy) is 2. The maximum atomic E-state index is 13.8. The van der Waals surface area contributed by atoms with E-state index in [0.717, 1.165) is 16.3 Å². The number of rotatable bonds is 13. The Hall–Kier alpha value is -5.44. The minimum absolute atomic E-state index is 0.0945. The maximum Gasteiger partial charge on any atom is 0.299 e. The van der Waals surface area contributed by atoms with Crippen molar-refractivity contribution in [2.75, 3.05) is 22.8 Å². The first-order chi connectivity index (χ1) is 25.0. The van der Waals surface area contributed by atoms with Crippen molar-refractivity contribution in [1.29, 1.82) is 0 Å². The van der Waals surface area contributed by atoms with Crippen molar-refractivity contribution in [2.24, 2.45) is 10.2 Å². The van der Waals surface area contributed by atoms with E-state index in [0.29, 0.717) is 39.9 Å². The number of fused-ring (bicyclic) bond motifs is 2. The molecule has 1 aromatic heterocycles. The van der Waals surface area contributed by atoms with Gasteiger partial charge in [0.2, 0.25) is 5.88 Å². The number of carbonyl (C=O) groups excluding carboxylic acids is 4. The number of para-hydroxylation sites is 1. The minimum Gasteiger partial charge on any atom is -0.480 e. The fourth-order valence-electron chi connectivity index (χ4n) is 5.62. The van der Waals surface area contributed by atoms with Gasteiger partial charge in [0.1, 0.15) is 23.0 Å². The first-order valence-corrected chi connectivity index (χ1v) is 18.8. The van der Waals surface area contributed by atoms with Gasteiger partial charge in [-0.05, 0) is 47.2 Å². The Kier molecular flexibility index (Phi) is 10.4. The second-order valence-corrected chi connectivity index (χ2v) is 14.2. The standard InChI is InChI=1S/C37H29N5O6S3/c43-21-47-36-24(20-51-37-31(35(46)42(36)37)39-34(45)29-16-9-17-50-29)19-49-22-48-32-28(33(44)38-25-11-3-1-4-12-25)18-23-10-7-8-15-27(23)30(32)41-40-26-13-5-2-6-14-26/h1-18,21,31,37H,19-20,22H2,(H,38,44)(H,39,45)/b41-40+/t31-,37-/m1/s1. The number of benzene rings is 4. The summed E-state index contributed by atoms with van der Waals surface area (Å²) in [6.45, 7) is 0.297. The van der Waals surface area contributed by atoms with Crippen molar-refractivity contribution < 1.29 is 28.7 Å². The smallest absolute Gasteiger partial charge is 0.299 e. The highest BCUT2D eigenvalue weighted by Crippen LogP contribution is 2.43. The van der Waals surface area contributed by atoms with Crippen LogP contribution >= 0.6 is 34.9 Å². The zero-order valence-corrected chi connectivity index (χ0v) is 29.2. The quantitative estimate of drug-likeness (QED) is 0.0412. The Bertz CT molecular complexity index is 2140. The Morgan fingerprint density at radius 1 is 0.941 bits per heavy atom. The van der Waals surface area contributed by atoms with E-state index in [2.05, 4.69) is 20.9 Å². The second-order valence-electron chi connectivity index (χ2n) is 11.3. The molecule has 1 saturated heterocycles. The number of β-lactam (4-membered cyclic amide) rings is 1. The number of amides is 3. The zero-order chi connectivity index (χ0) is 35.2. The molecule has 0 saturated carbocycles. The van der Waals surface area contributed by atoms with Gasteiger partial charge in [-0.1, -0.05) is 66.7 Å². The predicted octanol–water partition coefficient (Wildman–Crippen LogP) is 7.74. The van der Waals surface area contributed by atoms with E-state index in [4.69, 9.17) is 9.47 Å². The summed E-state index contributed by atoms with van der Waals surface area (Å²) in [6.07, 6.45) is 0. The third kappa shape index (κ3) is 7.38. The number of hydrogen-bond donors (Lipinski definition) is 2. The lowest BCUT2D eigenvalue weighted by molar-refractivity contribution is -0.148. The summed E-state index contributed by atoms with van der Waals surface area (Å²) in [4.78, 5) is 53.0. The van der Waals surface area contributed by atoms with Crippen LogP contribution in [0.3, 0.4) is 0 Å². The number of nitrogens with zero attached hydrogens (tertiary/aromatic N) is 3. The Morgan fingerprint density at radius 2 is 1.71 bits per heavy atom. The van der Waals surface area contributed by atoms with Crippen molar-refractivity contribution >= 4 is 86.9 Å². The molecule has 0 spiro atoms. The van der Waals surface area contributed by atoms with Gasteiger partial charge in [0, 0.05) is 28.2 Å². The predicted molar refractivity (Wildman–Crippen MR) is 200 cm³/mol. The molecule has 14 heteroatoms. The fourth-order valence-corrected chi connectivity index (χ4v) is 8.46. The molecule has 51 heavy (non-hydrogen) atoms. The van der Waals surface area contributed by atoms with Crippen LogP contribution in [0.25, 0.3) is 10.8 Å². The number of thiophene rings is 1. The molecule has 3 amide bonds. The topological polar surface area (TPSA) is 139 Å². The minimum atomic E-state index is -0.732. The van der Waals surface area contributed by atoms with E-state index >= 15 is 0 Å². The van der Waals surface area contributed by atoms with E-state index in [1.807, 2.05) is 72.8 Å². The molecule has 11 nitrogen and oxygen atoms in total. The lowest BCUT2D eigenvalue weighted by atomic mass is 10.0. The normalized spacial score (nSPS) is 16.8. The number of anilines is 1. The highest BCUT2D eigenvalue weighted by atomic mass is 32.2. The molecule has 0 aliphatic carbocycles. The first kappa shape index (κ1) is 34.0. The molecule has 256 valence electrons. The van der Waals surface area contributed by atoms with Gasteiger partial charge >= 0.3 is 0 Å². The van der Waals surface area contributed by atoms with E-state index in [9.17, 15) is 19.2 Å². The third-order valence-corrected chi connectivity index (χ3v) is 11.1. The molecule has 2 aliphatic heterocycles. The summed E-state index contributed by atoms with van der Waals surface area (Å²) in [5, 5.41) is 17.7. The van der Waals surface area contributed by atoms with Gasteiger partial charge in [0.05, 0.1) is 16.1 Å². The van der Waals surface area contributed by atoms with E-state index in [-0.39, 0.29) is 40.9 Å². The Balaban J connectivity index is 1.12. The SMILES string of the molecule is O=COC1=C(CSCOc2c(C(=O)Nc3ccccc3)cc3ccccc3c2/N=N/c2ccccc2)CS[C@@H]2[C@H](NC(=O)c3cccs3)C(=O)N12. The van der Waals surface area contributed by atoms with Crippen LogP contribution in [-0.2, 0) is 14.3 Å². The summed E-state index contributed by atoms with van der Waals surface area (Å²) in [7, 11) is 0. The van der Waals surface area contributed by atoms with Crippen molar-refractivity contribution in [3.63, 3.8) is 0 Å². The molecule has 7 rings (SSSR count). The average molecular weight is 736 g/mol. The molecule has 4 aromatic carbocycles. The van der Waals surface area contributed by atoms with Crippen LogP contribution in [0.1, 0.15) is 20.0 Å². The first-order valence-electron chi connectivity index (χ1n) is 15.7. The van der Waals surface area contributed by atoms with Crippen LogP contribution in [0.2, 0.25) is 0 Å². The van der Waals surface area contributed by atoms with Crippen molar-refractivity contribution in [2.45, 2.75) is 11.4 Å². The Labute approximate surface area is 305 Å². The molecule has 0 radical (unpaired) electrons. The third-order valence-electron chi connectivity index (χ3n) is 8.02. The van der Waals surface area contributed by atoms with E-state index in [1.54, 1.807) is 35.7 Å².